The van der Waals surface area contributed by atoms with Crippen LogP contribution in [-0.2, 0) is 54.3 Å². The number of rotatable bonds is 12. The van der Waals surface area contributed by atoms with E-state index in [1.807, 2.05) is 6.92 Å². The summed E-state index contributed by atoms with van der Waals surface area (Å²) in [6.07, 6.45) is 16.5. The third-order valence-electron chi connectivity index (χ3n) is 11.5. The zero-order valence-corrected chi connectivity index (χ0v) is 36.9. The van der Waals surface area contributed by atoms with Crippen LogP contribution in [0.2, 0.25) is 0 Å². The first kappa shape index (κ1) is 48.9. The van der Waals surface area contributed by atoms with Crippen LogP contribution in [0.15, 0.2) is 103 Å². The van der Waals surface area contributed by atoms with Gasteiger partial charge in [-0.1, -0.05) is 85.9 Å². The van der Waals surface area contributed by atoms with Crippen molar-refractivity contribution in [3.63, 3.8) is 0 Å². The molecule has 7 unspecified atom stereocenters. The van der Waals surface area contributed by atoms with Crippen molar-refractivity contribution in [1.82, 2.24) is 36.0 Å². The van der Waals surface area contributed by atoms with E-state index in [1.165, 1.54) is 59.9 Å². The molecular weight excluding hydrogens is 839 g/mol. The average Bonchev–Trinajstić information content (AvgIpc) is 4.02. The number of ether oxygens (including phenoxy) is 1. The second-order valence-corrected chi connectivity index (χ2v) is 16.4. The van der Waals surface area contributed by atoms with E-state index in [1.54, 1.807) is 66.8 Å². The fourth-order valence-corrected chi connectivity index (χ4v) is 7.85. The number of carbonyl (C=O) groups is 9. The standard InChI is InChI=1S/C47H57N7O11/c1-29-25-36-47(64)65-28-34(45(62)53-24-16-19-35(53)46(63)52(4)31(3)42(59)48-30(2)44(61)54(36)27-29)50-43(60)33(26-32-17-12-11-13-18-32)49-39(57)20-14-9-7-5-6-8-10-15-21-40(58)51-41-37(55)22-23-38(41)56/h5-15,17-18,20-21,29-31,33-36,55H,16,19,22-28H2,1-4H3,(H,48,59)(H,49,57)(H,50,60)(H,51,58)/b6-5+,9-7-,10-8+,20-14+,21-15+. The van der Waals surface area contributed by atoms with Crippen LogP contribution in [0.4, 0.5) is 0 Å². The minimum atomic E-state index is -1.49. The number of aliphatic hydroxyl groups excluding tert-OH is 1. The molecule has 0 radical (unpaired) electrons. The van der Waals surface area contributed by atoms with Crippen molar-refractivity contribution in [1.29, 1.82) is 0 Å². The average molecular weight is 896 g/mol. The molecule has 18 heteroatoms. The van der Waals surface area contributed by atoms with Crippen LogP contribution in [0.1, 0.15) is 58.4 Å². The minimum absolute atomic E-state index is 0.0250. The zero-order chi connectivity index (χ0) is 47.2. The van der Waals surface area contributed by atoms with Gasteiger partial charge >= 0.3 is 5.97 Å². The van der Waals surface area contributed by atoms with Crippen LogP contribution in [0.5, 0.6) is 0 Å². The van der Waals surface area contributed by atoms with Gasteiger partial charge in [0.25, 0.3) is 0 Å². The molecule has 0 bridgehead atoms. The number of aliphatic hydroxyl groups is 1. The van der Waals surface area contributed by atoms with Gasteiger partial charge in [-0.2, -0.15) is 0 Å². The lowest BCUT2D eigenvalue weighted by Crippen LogP contribution is -2.60. The molecule has 0 aromatic heterocycles. The monoisotopic (exact) mass is 895 g/mol. The maximum absolute atomic E-state index is 14.4. The summed E-state index contributed by atoms with van der Waals surface area (Å²) in [4.78, 5) is 124. The number of likely N-dealkylation sites (N-methyl/N-ethyl adjacent to an activating group) is 1. The van der Waals surface area contributed by atoms with Gasteiger partial charge in [-0.05, 0) is 44.6 Å². The number of hydrogen-bond donors (Lipinski definition) is 5. The summed E-state index contributed by atoms with van der Waals surface area (Å²) in [5.74, 6) is -5.59. The highest BCUT2D eigenvalue weighted by Gasteiger charge is 2.44. The first-order valence-electron chi connectivity index (χ1n) is 21.7. The molecule has 5 rings (SSSR count). The molecule has 346 valence electrons. The number of cyclic esters (lactones) is 1. The van der Waals surface area contributed by atoms with Crippen LogP contribution < -0.4 is 21.3 Å². The molecule has 7 amide bonds. The van der Waals surface area contributed by atoms with Crippen molar-refractivity contribution in [3.8, 4) is 0 Å². The summed E-state index contributed by atoms with van der Waals surface area (Å²) < 4.78 is 5.70. The fraction of sp³-hybridized carbons (Fsp3) is 0.426. The Bertz CT molecular complexity index is 2200. The number of esters is 1. The van der Waals surface area contributed by atoms with Crippen molar-refractivity contribution in [2.24, 2.45) is 5.92 Å². The Labute approximate surface area is 377 Å². The molecule has 1 aromatic carbocycles. The third-order valence-corrected chi connectivity index (χ3v) is 11.5. The Balaban J connectivity index is 1.29. The van der Waals surface area contributed by atoms with Gasteiger partial charge in [-0.25, -0.2) is 4.79 Å². The summed E-state index contributed by atoms with van der Waals surface area (Å²) in [5.41, 5.74) is 0.616. The topological polar surface area (TPSA) is 241 Å². The predicted octanol–water partition coefficient (Wildman–Crippen LogP) is 1.36. The van der Waals surface area contributed by atoms with Crippen molar-refractivity contribution in [3.05, 3.63) is 108 Å². The van der Waals surface area contributed by atoms with E-state index < -0.39 is 90.2 Å². The number of nitrogens with zero attached hydrogens (tertiary/aromatic N) is 3. The molecule has 65 heavy (non-hydrogen) atoms. The summed E-state index contributed by atoms with van der Waals surface area (Å²) in [6.45, 7) is 4.65. The molecule has 7 atom stereocenters. The van der Waals surface area contributed by atoms with Gasteiger partial charge in [-0.3, -0.25) is 38.4 Å². The highest BCUT2D eigenvalue weighted by molar-refractivity contribution is 6.03. The maximum atomic E-state index is 14.4. The van der Waals surface area contributed by atoms with E-state index in [0.29, 0.717) is 12.0 Å². The Hall–Kier alpha value is -7.11. The van der Waals surface area contributed by atoms with Gasteiger partial charge in [0.1, 0.15) is 54.3 Å². The molecule has 4 aliphatic rings. The number of allylic oxidation sites excluding steroid dienone is 10. The highest BCUT2D eigenvalue weighted by Crippen LogP contribution is 2.26. The van der Waals surface area contributed by atoms with Gasteiger partial charge in [0.15, 0.2) is 5.78 Å². The van der Waals surface area contributed by atoms with Crippen LogP contribution in [0.3, 0.4) is 0 Å². The highest BCUT2D eigenvalue weighted by atomic mass is 16.5. The van der Waals surface area contributed by atoms with Gasteiger partial charge in [0.05, 0.1) is 0 Å². The number of carbonyl (C=O) groups excluding carboxylic acids is 9. The number of benzene rings is 1. The number of hydrogen-bond acceptors (Lipinski definition) is 11. The number of ketones is 1. The van der Waals surface area contributed by atoms with Crippen LogP contribution >= 0.6 is 0 Å². The fourth-order valence-electron chi connectivity index (χ4n) is 7.85. The predicted molar refractivity (Wildman–Crippen MR) is 237 cm³/mol. The molecule has 18 nitrogen and oxygen atoms in total. The van der Waals surface area contributed by atoms with Gasteiger partial charge < -0.3 is 45.8 Å². The maximum Gasteiger partial charge on any atom is 0.328 e. The lowest BCUT2D eigenvalue weighted by atomic mass is 10.0. The van der Waals surface area contributed by atoms with Crippen molar-refractivity contribution in [2.75, 3.05) is 26.7 Å². The van der Waals surface area contributed by atoms with Gasteiger partial charge in [0.2, 0.25) is 41.4 Å². The van der Waals surface area contributed by atoms with E-state index in [9.17, 15) is 48.3 Å². The normalized spacial score (nSPS) is 25.6. The first-order valence-corrected chi connectivity index (χ1v) is 21.7. The third kappa shape index (κ3) is 13.2. The van der Waals surface area contributed by atoms with E-state index in [2.05, 4.69) is 21.3 Å². The van der Waals surface area contributed by atoms with E-state index in [-0.39, 0.29) is 68.4 Å². The second kappa shape index (κ2) is 23.0. The molecule has 5 N–H and O–H groups in total. The minimum Gasteiger partial charge on any atom is -0.510 e. The second-order valence-electron chi connectivity index (χ2n) is 16.4. The zero-order valence-electron chi connectivity index (χ0n) is 36.9. The quantitative estimate of drug-likeness (QED) is 0.114. The molecule has 3 aliphatic heterocycles. The van der Waals surface area contributed by atoms with E-state index >= 15 is 0 Å². The van der Waals surface area contributed by atoms with Crippen molar-refractivity contribution < 1.29 is 53.0 Å². The molecule has 1 aliphatic carbocycles. The lowest BCUT2D eigenvalue weighted by molar-refractivity contribution is -0.158. The molecule has 3 fully saturated rings. The van der Waals surface area contributed by atoms with Crippen LogP contribution in [0.25, 0.3) is 0 Å². The molecule has 0 spiro atoms. The van der Waals surface area contributed by atoms with Crippen LogP contribution in [-0.4, -0.2) is 136 Å². The van der Waals surface area contributed by atoms with Gasteiger partial charge in [-0.15, -0.1) is 0 Å². The van der Waals surface area contributed by atoms with Crippen molar-refractivity contribution >= 4 is 53.1 Å². The van der Waals surface area contributed by atoms with E-state index in [0.717, 1.165) is 0 Å². The molecular formula is C47H57N7O11. The smallest absolute Gasteiger partial charge is 0.328 e. The molecule has 1 aromatic rings. The number of fused-ring (bicyclic) bond motifs is 2. The molecule has 3 heterocycles. The molecule has 0 saturated carbocycles. The van der Waals surface area contributed by atoms with Crippen LogP contribution in [0, 0.1) is 5.92 Å². The first-order chi connectivity index (χ1) is 31.0. The van der Waals surface area contributed by atoms with E-state index in [4.69, 9.17) is 4.74 Å². The SMILES string of the molecule is CC1CC2C(=O)OCC(NC(=O)C(Cc3ccccc3)NC(=O)/C=C/C=C\C=C\C=C\C=C\C(=O)NC3=C(O)CCC3=O)C(=O)N3CCCC3C(=O)N(C)C(C)C(=O)NC(C)C(=O)N2C1. The van der Waals surface area contributed by atoms with Gasteiger partial charge in [0, 0.05) is 51.6 Å². The Morgan fingerprint density at radius 2 is 1.48 bits per heavy atom. The summed E-state index contributed by atoms with van der Waals surface area (Å²) in [5, 5.41) is 20.1. The number of amides is 7. The Morgan fingerprint density at radius 1 is 0.831 bits per heavy atom. The summed E-state index contributed by atoms with van der Waals surface area (Å²) >= 11 is 0. The lowest BCUT2D eigenvalue weighted by Gasteiger charge is -2.34. The Kier molecular flexibility index (Phi) is 17.3. The number of nitrogens with one attached hydrogen (secondary N) is 4. The Morgan fingerprint density at radius 3 is 2.12 bits per heavy atom. The summed E-state index contributed by atoms with van der Waals surface area (Å²) in [7, 11) is 1.44. The molecule has 3 saturated heterocycles. The number of Topliss-reactive ketones (excluding diaryl/α,β-unsaturated/α-hetero) is 1. The largest absolute Gasteiger partial charge is 0.510 e. The van der Waals surface area contributed by atoms with Crippen molar-refractivity contribution in [2.45, 2.75) is 95.5 Å². The summed E-state index contributed by atoms with van der Waals surface area (Å²) in [6, 6.07) is 2.15.